The van der Waals surface area contributed by atoms with Crippen molar-refractivity contribution in [1.29, 1.82) is 0 Å². The highest BCUT2D eigenvalue weighted by Gasteiger charge is 2.23. The fraction of sp³-hybridized carbons (Fsp3) is 0.353. The monoisotopic (exact) mass is 355 g/mol. The van der Waals surface area contributed by atoms with Gasteiger partial charge in [0, 0.05) is 5.69 Å². The molecule has 0 radical (unpaired) electrons. The van der Waals surface area contributed by atoms with Crippen LogP contribution in [0.15, 0.2) is 35.1 Å². The normalized spacial score (nSPS) is 12.2. The molecular formula is C17H21N7O2. The topological polar surface area (TPSA) is 122 Å². The maximum Gasteiger partial charge on any atom is 0.319 e. The van der Waals surface area contributed by atoms with Gasteiger partial charge in [0.2, 0.25) is 11.7 Å². The number of aromatic amines is 1. The zero-order chi connectivity index (χ0) is 18.5. The summed E-state index contributed by atoms with van der Waals surface area (Å²) >= 11 is 0. The predicted molar refractivity (Wildman–Crippen MR) is 95.2 cm³/mol. The number of benzene rings is 1. The van der Waals surface area contributed by atoms with Crippen molar-refractivity contribution in [3.8, 4) is 11.6 Å². The van der Waals surface area contributed by atoms with Crippen molar-refractivity contribution in [3.05, 3.63) is 42.0 Å². The number of hydrogen-bond donors (Lipinski definition) is 3. The van der Waals surface area contributed by atoms with Gasteiger partial charge in [-0.3, -0.25) is 5.10 Å². The Balaban J connectivity index is 1.71. The molecule has 0 aliphatic heterocycles. The number of nitrogens with one attached hydrogen (secondary N) is 3. The van der Waals surface area contributed by atoms with Gasteiger partial charge in [-0.1, -0.05) is 36.7 Å². The van der Waals surface area contributed by atoms with Gasteiger partial charge in [-0.2, -0.15) is 10.1 Å². The van der Waals surface area contributed by atoms with E-state index in [1.165, 1.54) is 6.33 Å². The third-order valence-corrected chi connectivity index (χ3v) is 3.69. The predicted octanol–water partition coefficient (Wildman–Crippen LogP) is 3.07. The van der Waals surface area contributed by atoms with Crippen LogP contribution in [0.25, 0.3) is 11.6 Å². The zero-order valence-electron chi connectivity index (χ0n) is 14.9. The zero-order valence-corrected chi connectivity index (χ0v) is 14.9. The fourth-order valence-corrected chi connectivity index (χ4v) is 2.44. The number of anilines is 1. The van der Waals surface area contributed by atoms with Gasteiger partial charge in [0.1, 0.15) is 12.4 Å². The minimum absolute atomic E-state index is 0.298. The van der Waals surface area contributed by atoms with Crippen molar-refractivity contribution in [2.24, 2.45) is 5.92 Å². The van der Waals surface area contributed by atoms with Crippen molar-refractivity contribution in [2.45, 2.75) is 33.2 Å². The molecule has 0 saturated heterocycles. The van der Waals surface area contributed by atoms with E-state index in [-0.39, 0.29) is 6.03 Å². The van der Waals surface area contributed by atoms with E-state index in [0.29, 0.717) is 35.6 Å². The fourth-order valence-electron chi connectivity index (χ4n) is 2.44. The molecule has 2 heterocycles. The van der Waals surface area contributed by atoms with E-state index in [4.69, 9.17) is 4.52 Å². The van der Waals surface area contributed by atoms with Crippen molar-refractivity contribution < 1.29 is 9.32 Å². The molecule has 3 aromatic rings. The molecule has 0 aliphatic rings. The van der Waals surface area contributed by atoms with Crippen molar-refractivity contribution in [2.75, 3.05) is 5.32 Å². The lowest BCUT2D eigenvalue weighted by Crippen LogP contribution is -2.33. The summed E-state index contributed by atoms with van der Waals surface area (Å²) in [6.07, 6.45) is 2.02. The third-order valence-electron chi connectivity index (χ3n) is 3.69. The number of carbonyl (C=O) groups is 1. The Morgan fingerprint density at radius 2 is 2.04 bits per heavy atom. The van der Waals surface area contributed by atoms with E-state index >= 15 is 0 Å². The number of amides is 2. The first kappa shape index (κ1) is 17.6. The minimum Gasteiger partial charge on any atom is -0.337 e. The quantitative estimate of drug-likeness (QED) is 0.625. The molecule has 2 aromatic heterocycles. The van der Waals surface area contributed by atoms with Crippen LogP contribution in [0, 0.1) is 12.8 Å². The van der Waals surface area contributed by atoms with Crippen LogP contribution in [-0.2, 0) is 0 Å². The number of carbonyl (C=O) groups excluding carboxylic acids is 1. The maximum atomic E-state index is 12.4. The highest BCUT2D eigenvalue weighted by atomic mass is 16.5. The third kappa shape index (κ3) is 4.44. The maximum absolute atomic E-state index is 12.4. The van der Waals surface area contributed by atoms with E-state index in [1.807, 2.05) is 31.2 Å². The van der Waals surface area contributed by atoms with Gasteiger partial charge in [-0.25, -0.2) is 9.78 Å². The number of nitrogens with zero attached hydrogens (tertiary/aromatic N) is 4. The van der Waals surface area contributed by atoms with Gasteiger partial charge in [-0.15, -0.1) is 0 Å². The summed E-state index contributed by atoms with van der Waals surface area (Å²) in [5.41, 5.74) is 1.84. The smallest absolute Gasteiger partial charge is 0.319 e. The van der Waals surface area contributed by atoms with Crippen LogP contribution < -0.4 is 10.6 Å². The van der Waals surface area contributed by atoms with Crippen molar-refractivity contribution >= 4 is 11.7 Å². The number of hydrogen-bond acceptors (Lipinski definition) is 6. The molecule has 9 nitrogen and oxygen atoms in total. The Hall–Kier alpha value is -3.23. The Morgan fingerprint density at radius 1 is 1.27 bits per heavy atom. The molecule has 136 valence electrons. The molecular weight excluding hydrogens is 334 g/mol. The molecule has 0 saturated carbocycles. The van der Waals surface area contributed by atoms with Gasteiger partial charge < -0.3 is 15.2 Å². The molecule has 1 atom stereocenters. The second kappa shape index (κ2) is 7.77. The number of rotatable bonds is 6. The van der Waals surface area contributed by atoms with E-state index in [2.05, 4.69) is 49.8 Å². The lowest BCUT2D eigenvalue weighted by Gasteiger charge is -2.17. The standard InChI is InChI=1S/C17H21N7O2/c1-10(2)8-13(16-22-15(24-26-16)14-18-9-19-23-14)21-17(25)20-12-6-4-11(3)5-7-12/h4-7,9-10,13H,8H2,1-3H3,(H,18,19,23)(H2,20,21,25). The second-order valence-corrected chi connectivity index (χ2v) is 6.44. The van der Waals surface area contributed by atoms with Crippen LogP contribution in [0.4, 0.5) is 10.5 Å². The highest BCUT2D eigenvalue weighted by molar-refractivity contribution is 5.89. The molecule has 3 N–H and O–H groups in total. The van der Waals surface area contributed by atoms with Gasteiger partial charge in [0.25, 0.3) is 0 Å². The molecule has 0 fully saturated rings. The largest absolute Gasteiger partial charge is 0.337 e. The van der Waals surface area contributed by atoms with E-state index in [1.54, 1.807) is 0 Å². The van der Waals surface area contributed by atoms with Crippen molar-refractivity contribution in [3.63, 3.8) is 0 Å². The first-order chi connectivity index (χ1) is 12.5. The summed E-state index contributed by atoms with van der Waals surface area (Å²) in [5.74, 6) is 1.35. The summed E-state index contributed by atoms with van der Waals surface area (Å²) in [6.45, 7) is 6.10. The number of aromatic nitrogens is 5. The van der Waals surface area contributed by atoms with E-state index < -0.39 is 6.04 Å². The summed E-state index contributed by atoms with van der Waals surface area (Å²) in [6, 6.07) is 6.82. The van der Waals surface area contributed by atoms with Crippen LogP contribution in [0.5, 0.6) is 0 Å². The molecule has 0 spiro atoms. The Morgan fingerprint density at radius 3 is 2.69 bits per heavy atom. The molecule has 3 rings (SSSR count). The highest BCUT2D eigenvalue weighted by Crippen LogP contribution is 2.22. The first-order valence-corrected chi connectivity index (χ1v) is 8.35. The molecule has 9 heteroatoms. The SMILES string of the molecule is Cc1ccc(NC(=O)NC(CC(C)C)c2nc(-c3ncn[nH]3)no2)cc1. The molecule has 26 heavy (non-hydrogen) atoms. The van der Waals surface area contributed by atoms with Gasteiger partial charge in [-0.05, 0) is 31.4 Å². The van der Waals surface area contributed by atoms with Crippen LogP contribution in [0.3, 0.4) is 0 Å². The summed E-state index contributed by atoms with van der Waals surface area (Å²) < 4.78 is 5.33. The number of H-pyrrole nitrogens is 1. The van der Waals surface area contributed by atoms with Gasteiger partial charge in [0.15, 0.2) is 5.82 Å². The Labute approximate surface area is 150 Å². The molecule has 0 aliphatic carbocycles. The van der Waals surface area contributed by atoms with Gasteiger partial charge >= 0.3 is 6.03 Å². The molecule has 1 aromatic carbocycles. The van der Waals surface area contributed by atoms with E-state index in [0.717, 1.165) is 5.56 Å². The van der Waals surface area contributed by atoms with Gasteiger partial charge in [0.05, 0.1) is 0 Å². The molecule has 1 unspecified atom stereocenters. The average molecular weight is 355 g/mol. The lowest BCUT2D eigenvalue weighted by atomic mass is 10.0. The van der Waals surface area contributed by atoms with Crippen LogP contribution in [0.2, 0.25) is 0 Å². The minimum atomic E-state index is -0.412. The van der Waals surface area contributed by atoms with E-state index in [9.17, 15) is 4.79 Å². The molecule has 2 amide bonds. The number of urea groups is 1. The van der Waals surface area contributed by atoms with Crippen molar-refractivity contribution in [1.82, 2.24) is 30.6 Å². The average Bonchev–Trinajstić information content (AvgIpc) is 3.27. The lowest BCUT2D eigenvalue weighted by molar-refractivity contribution is 0.240. The number of aryl methyl sites for hydroxylation is 1. The Bertz CT molecular complexity index is 840. The first-order valence-electron chi connectivity index (χ1n) is 8.35. The second-order valence-electron chi connectivity index (χ2n) is 6.44. The summed E-state index contributed by atoms with van der Waals surface area (Å²) in [7, 11) is 0. The van der Waals surface area contributed by atoms with Crippen LogP contribution in [0.1, 0.15) is 37.8 Å². The Kier molecular flexibility index (Phi) is 5.26. The molecule has 0 bridgehead atoms. The van der Waals surface area contributed by atoms with Crippen LogP contribution in [-0.4, -0.2) is 31.4 Å². The summed E-state index contributed by atoms with van der Waals surface area (Å²) in [4.78, 5) is 20.7. The summed E-state index contributed by atoms with van der Waals surface area (Å²) in [5, 5.41) is 16.0. The van der Waals surface area contributed by atoms with Crippen LogP contribution >= 0.6 is 0 Å².